The normalized spacial score (nSPS) is 11.0. The molecule has 0 spiro atoms. The van der Waals surface area contributed by atoms with E-state index in [2.05, 4.69) is 5.32 Å². The Labute approximate surface area is 185 Å². The van der Waals surface area contributed by atoms with Crippen LogP contribution in [-0.2, 0) is 14.8 Å². The smallest absolute Gasteiger partial charge is 0.264 e. The lowest BCUT2D eigenvalue weighted by molar-refractivity contribution is -0.114. The van der Waals surface area contributed by atoms with Crippen molar-refractivity contribution in [2.75, 3.05) is 23.3 Å². The van der Waals surface area contributed by atoms with Gasteiger partial charge in [0.25, 0.3) is 10.0 Å². The topological polar surface area (TPSA) is 75.7 Å². The van der Waals surface area contributed by atoms with Crippen LogP contribution in [0.3, 0.4) is 0 Å². The first kappa shape index (κ1) is 22.0. The van der Waals surface area contributed by atoms with Gasteiger partial charge in [0.1, 0.15) is 12.3 Å². The van der Waals surface area contributed by atoms with Crippen molar-refractivity contribution in [3.05, 3.63) is 82.8 Å². The second kappa shape index (κ2) is 9.38. The van der Waals surface area contributed by atoms with Gasteiger partial charge in [-0.1, -0.05) is 47.5 Å². The Morgan fingerprint density at radius 1 is 0.967 bits per heavy atom. The number of halogens is 2. The lowest BCUT2D eigenvalue weighted by atomic mass is 10.3. The Kier molecular flexibility index (Phi) is 6.87. The number of nitrogens with zero attached hydrogens (tertiary/aromatic N) is 1. The van der Waals surface area contributed by atoms with Gasteiger partial charge in [0.05, 0.1) is 27.7 Å². The number of nitrogens with one attached hydrogen (secondary N) is 1. The van der Waals surface area contributed by atoms with Crippen molar-refractivity contribution < 1.29 is 17.9 Å². The Hall–Kier alpha value is -2.74. The van der Waals surface area contributed by atoms with Gasteiger partial charge in [0, 0.05) is 11.8 Å². The first-order valence-corrected chi connectivity index (χ1v) is 11.0. The van der Waals surface area contributed by atoms with Crippen LogP contribution in [0.15, 0.2) is 77.7 Å². The summed E-state index contributed by atoms with van der Waals surface area (Å²) in [7, 11) is -2.53. The molecule has 3 aromatic carbocycles. The summed E-state index contributed by atoms with van der Waals surface area (Å²) in [6, 6.07) is 19.0. The molecule has 6 nitrogen and oxygen atoms in total. The molecule has 0 aliphatic carbocycles. The van der Waals surface area contributed by atoms with Crippen molar-refractivity contribution in [1.82, 2.24) is 0 Å². The molecule has 0 bridgehead atoms. The van der Waals surface area contributed by atoms with Gasteiger partial charge >= 0.3 is 0 Å². The van der Waals surface area contributed by atoms with Gasteiger partial charge in [-0.3, -0.25) is 9.10 Å². The van der Waals surface area contributed by atoms with E-state index in [1.807, 2.05) is 0 Å². The van der Waals surface area contributed by atoms with Crippen molar-refractivity contribution in [1.29, 1.82) is 0 Å². The summed E-state index contributed by atoms with van der Waals surface area (Å²) < 4.78 is 32.8. The van der Waals surface area contributed by atoms with Gasteiger partial charge in [0.15, 0.2) is 0 Å². The summed E-state index contributed by atoms with van der Waals surface area (Å²) in [5.41, 5.74) is 0.694. The van der Waals surface area contributed by atoms with E-state index >= 15 is 0 Å². The molecule has 0 unspecified atom stereocenters. The Bertz CT molecular complexity index is 1150. The molecule has 0 heterocycles. The van der Waals surface area contributed by atoms with Gasteiger partial charge in [-0.15, -0.1) is 0 Å². The molecule has 0 fully saturated rings. The molecule has 9 heteroatoms. The average molecular weight is 465 g/mol. The average Bonchev–Trinajstić information content (AvgIpc) is 2.75. The molecule has 0 aromatic heterocycles. The highest BCUT2D eigenvalue weighted by Crippen LogP contribution is 2.28. The largest absolute Gasteiger partial charge is 0.497 e. The van der Waals surface area contributed by atoms with Crippen molar-refractivity contribution >= 4 is 50.5 Å². The maximum Gasteiger partial charge on any atom is 0.264 e. The number of hydrogen-bond donors (Lipinski definition) is 1. The van der Waals surface area contributed by atoms with E-state index in [0.29, 0.717) is 22.1 Å². The SMILES string of the molecule is COc1cccc(N(CC(=O)Nc2ccc(Cl)c(Cl)c2)S(=O)(=O)c2ccccc2)c1. The van der Waals surface area contributed by atoms with E-state index in [9.17, 15) is 13.2 Å². The summed E-state index contributed by atoms with van der Waals surface area (Å²) in [5, 5.41) is 3.26. The molecule has 0 radical (unpaired) electrons. The minimum Gasteiger partial charge on any atom is -0.497 e. The number of benzene rings is 3. The number of carbonyl (C=O) groups is 1. The Morgan fingerprint density at radius 3 is 2.37 bits per heavy atom. The van der Waals surface area contributed by atoms with Crippen LogP contribution in [-0.4, -0.2) is 28.0 Å². The van der Waals surface area contributed by atoms with Gasteiger partial charge in [-0.05, 0) is 42.5 Å². The molecule has 0 aliphatic heterocycles. The highest BCUT2D eigenvalue weighted by Gasteiger charge is 2.27. The maximum atomic E-state index is 13.3. The monoisotopic (exact) mass is 464 g/mol. The van der Waals surface area contributed by atoms with E-state index in [1.165, 1.54) is 25.3 Å². The number of rotatable bonds is 7. The molecular formula is C21H18Cl2N2O4S. The second-order valence-corrected chi connectivity index (χ2v) is 8.88. The highest BCUT2D eigenvalue weighted by molar-refractivity contribution is 7.92. The van der Waals surface area contributed by atoms with Crippen molar-refractivity contribution in [3.8, 4) is 5.75 Å². The number of carbonyl (C=O) groups excluding carboxylic acids is 1. The Balaban J connectivity index is 1.94. The fourth-order valence-electron chi connectivity index (χ4n) is 2.71. The van der Waals surface area contributed by atoms with E-state index in [-0.39, 0.29) is 9.92 Å². The lowest BCUT2D eigenvalue weighted by Crippen LogP contribution is -2.38. The number of anilines is 2. The summed E-state index contributed by atoms with van der Waals surface area (Å²) in [4.78, 5) is 12.8. The standard InChI is InChI=1S/C21H18Cl2N2O4S/c1-29-17-7-5-6-16(13-17)25(30(27,28)18-8-3-2-4-9-18)14-21(26)24-15-10-11-19(22)20(23)12-15/h2-13H,14H2,1H3,(H,24,26). The van der Waals surface area contributed by atoms with Gasteiger partial charge in [-0.2, -0.15) is 0 Å². The molecule has 1 amide bonds. The number of hydrogen-bond acceptors (Lipinski definition) is 4. The summed E-state index contributed by atoms with van der Waals surface area (Å²) in [6.07, 6.45) is 0. The molecule has 0 saturated heterocycles. The van der Waals surface area contributed by atoms with Crippen molar-refractivity contribution in [2.24, 2.45) is 0 Å². The molecule has 0 aliphatic rings. The zero-order chi connectivity index (χ0) is 21.7. The van der Waals surface area contributed by atoms with Crippen LogP contribution in [0.2, 0.25) is 10.0 Å². The van der Waals surface area contributed by atoms with Crippen molar-refractivity contribution in [3.63, 3.8) is 0 Å². The molecule has 156 valence electrons. The summed E-state index contributed by atoms with van der Waals surface area (Å²) in [6.45, 7) is -0.454. The molecular weight excluding hydrogens is 447 g/mol. The lowest BCUT2D eigenvalue weighted by Gasteiger charge is -2.24. The third kappa shape index (κ3) is 5.05. The molecule has 3 aromatic rings. The third-order valence-electron chi connectivity index (χ3n) is 4.16. The van der Waals surface area contributed by atoms with Crippen LogP contribution in [0.4, 0.5) is 11.4 Å². The van der Waals surface area contributed by atoms with Gasteiger partial charge < -0.3 is 10.1 Å². The number of sulfonamides is 1. The van der Waals surface area contributed by atoms with Crippen LogP contribution in [0, 0.1) is 0 Å². The predicted octanol–water partition coefficient (Wildman–Crippen LogP) is 4.84. The molecule has 30 heavy (non-hydrogen) atoms. The zero-order valence-corrected chi connectivity index (χ0v) is 18.2. The minimum atomic E-state index is -4.01. The Morgan fingerprint density at radius 2 is 1.70 bits per heavy atom. The van der Waals surface area contributed by atoms with E-state index in [4.69, 9.17) is 27.9 Å². The summed E-state index contributed by atoms with van der Waals surface area (Å²) >= 11 is 11.9. The quantitative estimate of drug-likeness (QED) is 0.542. The number of ether oxygens (including phenoxy) is 1. The van der Waals surface area contributed by atoms with Crippen LogP contribution in [0.25, 0.3) is 0 Å². The van der Waals surface area contributed by atoms with E-state index in [0.717, 1.165) is 4.31 Å². The fourth-order valence-corrected chi connectivity index (χ4v) is 4.44. The molecule has 3 rings (SSSR count). The first-order chi connectivity index (χ1) is 14.3. The maximum absolute atomic E-state index is 13.3. The van der Waals surface area contributed by atoms with Crippen LogP contribution >= 0.6 is 23.2 Å². The van der Waals surface area contributed by atoms with Gasteiger partial charge in [-0.25, -0.2) is 8.42 Å². The van der Waals surface area contributed by atoms with Crippen LogP contribution < -0.4 is 14.4 Å². The summed E-state index contributed by atoms with van der Waals surface area (Å²) in [5.74, 6) is -0.0821. The van der Waals surface area contributed by atoms with E-state index < -0.39 is 22.5 Å². The number of methoxy groups -OCH3 is 1. The second-order valence-electron chi connectivity index (χ2n) is 6.20. The highest BCUT2D eigenvalue weighted by atomic mass is 35.5. The first-order valence-electron chi connectivity index (χ1n) is 8.78. The molecule has 0 atom stereocenters. The predicted molar refractivity (Wildman–Crippen MR) is 119 cm³/mol. The van der Waals surface area contributed by atoms with Crippen LogP contribution in [0.5, 0.6) is 5.75 Å². The third-order valence-corrected chi connectivity index (χ3v) is 6.69. The molecule has 0 saturated carbocycles. The van der Waals surface area contributed by atoms with Crippen LogP contribution in [0.1, 0.15) is 0 Å². The zero-order valence-electron chi connectivity index (χ0n) is 15.9. The van der Waals surface area contributed by atoms with Gasteiger partial charge in [0.2, 0.25) is 5.91 Å². The van der Waals surface area contributed by atoms with E-state index in [1.54, 1.807) is 54.6 Å². The molecule has 1 N–H and O–H groups in total. The minimum absolute atomic E-state index is 0.0650. The number of amides is 1. The van der Waals surface area contributed by atoms with Crippen molar-refractivity contribution in [2.45, 2.75) is 4.90 Å². The fraction of sp³-hybridized carbons (Fsp3) is 0.0952.